The topological polar surface area (TPSA) is 155 Å². The van der Waals surface area contributed by atoms with Crippen molar-refractivity contribution < 1.29 is 19.1 Å². The Hall–Kier alpha value is -4.85. The quantitative estimate of drug-likeness (QED) is 0.426. The number of aryl methyl sites for hydroxylation is 1. The van der Waals surface area contributed by atoms with Crippen molar-refractivity contribution in [2.75, 3.05) is 30.5 Å². The molecule has 0 saturated heterocycles. The predicted octanol–water partition coefficient (Wildman–Crippen LogP) is 3.91. The van der Waals surface area contributed by atoms with Crippen LogP contribution in [0.3, 0.4) is 0 Å². The standard InChI is InChI=1S/C26H27N7O4/c1-13(2)20-23(34)30-21-22(29-20)31-26(37-19-10-15(12-27)6-7-18(19)28)32-24(21)36-17-9-14(3)8-16(11-17)25(35)33(4)5/h6-11,13,20H,28H2,1-5H3,(H,30,34)(H,29,31,32). The lowest BCUT2D eigenvalue weighted by Gasteiger charge is -2.29. The number of aromatic nitrogens is 2. The highest BCUT2D eigenvalue weighted by Crippen LogP contribution is 2.39. The number of amides is 2. The first-order valence-electron chi connectivity index (χ1n) is 11.5. The average Bonchev–Trinajstić information content (AvgIpc) is 2.84. The number of nitrogen functional groups attached to an aromatic ring is 1. The van der Waals surface area contributed by atoms with Crippen LogP contribution >= 0.6 is 0 Å². The maximum absolute atomic E-state index is 12.8. The summed E-state index contributed by atoms with van der Waals surface area (Å²) in [5.41, 5.74) is 8.12. The monoisotopic (exact) mass is 501 g/mol. The summed E-state index contributed by atoms with van der Waals surface area (Å²) in [6.45, 7) is 5.65. The van der Waals surface area contributed by atoms with E-state index in [-0.39, 0.29) is 46.7 Å². The van der Waals surface area contributed by atoms with Gasteiger partial charge < -0.3 is 30.7 Å². The second-order valence-electron chi connectivity index (χ2n) is 9.19. The van der Waals surface area contributed by atoms with Gasteiger partial charge in [-0.05, 0) is 48.7 Å². The predicted molar refractivity (Wildman–Crippen MR) is 138 cm³/mol. The molecule has 1 unspecified atom stereocenters. The third-order valence-corrected chi connectivity index (χ3v) is 5.61. The molecule has 0 radical (unpaired) electrons. The van der Waals surface area contributed by atoms with Gasteiger partial charge in [-0.1, -0.05) is 13.8 Å². The fourth-order valence-electron chi connectivity index (χ4n) is 3.73. The van der Waals surface area contributed by atoms with Crippen LogP contribution in [0.25, 0.3) is 0 Å². The zero-order chi connectivity index (χ0) is 26.9. The first-order chi connectivity index (χ1) is 17.5. The van der Waals surface area contributed by atoms with Gasteiger partial charge in [0.2, 0.25) is 5.91 Å². The van der Waals surface area contributed by atoms with E-state index in [0.717, 1.165) is 5.56 Å². The molecule has 1 aromatic heterocycles. The fraction of sp³-hybridized carbons (Fsp3) is 0.269. The van der Waals surface area contributed by atoms with Crippen LogP contribution in [-0.4, -0.2) is 46.8 Å². The van der Waals surface area contributed by atoms with Crippen LogP contribution in [0.4, 0.5) is 17.2 Å². The van der Waals surface area contributed by atoms with Gasteiger partial charge in [-0.2, -0.15) is 15.2 Å². The molecular weight excluding hydrogens is 474 g/mol. The summed E-state index contributed by atoms with van der Waals surface area (Å²) in [6, 6.07) is 11.1. The number of carbonyl (C=O) groups is 2. The molecule has 11 nitrogen and oxygen atoms in total. The Morgan fingerprint density at radius 3 is 2.59 bits per heavy atom. The number of ether oxygens (including phenoxy) is 2. The number of hydrogen-bond donors (Lipinski definition) is 3. The second-order valence-corrected chi connectivity index (χ2v) is 9.19. The smallest absolute Gasteiger partial charge is 0.327 e. The van der Waals surface area contributed by atoms with Crippen LogP contribution in [0.2, 0.25) is 0 Å². The zero-order valence-electron chi connectivity index (χ0n) is 21.1. The van der Waals surface area contributed by atoms with Gasteiger partial charge in [-0.3, -0.25) is 9.59 Å². The lowest BCUT2D eigenvalue weighted by molar-refractivity contribution is -0.117. The lowest BCUT2D eigenvalue weighted by Crippen LogP contribution is -2.43. The van der Waals surface area contributed by atoms with Crippen LogP contribution in [0.15, 0.2) is 36.4 Å². The molecule has 0 spiro atoms. The molecule has 0 saturated carbocycles. The average molecular weight is 502 g/mol. The Morgan fingerprint density at radius 2 is 1.92 bits per heavy atom. The molecule has 4 N–H and O–H groups in total. The fourth-order valence-corrected chi connectivity index (χ4v) is 3.73. The van der Waals surface area contributed by atoms with E-state index in [1.54, 1.807) is 44.4 Å². The molecule has 0 bridgehead atoms. The zero-order valence-corrected chi connectivity index (χ0v) is 21.1. The van der Waals surface area contributed by atoms with Crippen LogP contribution in [0.5, 0.6) is 23.4 Å². The molecule has 1 aliphatic heterocycles. The van der Waals surface area contributed by atoms with Crippen molar-refractivity contribution in [3.8, 4) is 29.5 Å². The number of anilines is 3. The highest BCUT2D eigenvalue weighted by Gasteiger charge is 2.33. The molecule has 190 valence electrons. The summed E-state index contributed by atoms with van der Waals surface area (Å²) < 4.78 is 11.9. The first-order valence-corrected chi connectivity index (χ1v) is 11.5. The molecule has 11 heteroatoms. The third-order valence-electron chi connectivity index (χ3n) is 5.61. The van der Waals surface area contributed by atoms with E-state index >= 15 is 0 Å². The Balaban J connectivity index is 1.79. The maximum Gasteiger partial charge on any atom is 0.327 e. The van der Waals surface area contributed by atoms with Crippen molar-refractivity contribution in [1.82, 2.24) is 14.9 Å². The van der Waals surface area contributed by atoms with E-state index in [0.29, 0.717) is 22.7 Å². The molecule has 0 fully saturated rings. The van der Waals surface area contributed by atoms with Crippen LogP contribution in [0, 0.1) is 24.2 Å². The van der Waals surface area contributed by atoms with Crippen LogP contribution in [0.1, 0.15) is 35.3 Å². The van der Waals surface area contributed by atoms with Gasteiger partial charge in [0.1, 0.15) is 17.5 Å². The largest absolute Gasteiger partial charge is 0.437 e. The Morgan fingerprint density at radius 1 is 1.16 bits per heavy atom. The number of rotatable bonds is 6. The van der Waals surface area contributed by atoms with Crippen molar-refractivity contribution in [3.05, 3.63) is 53.1 Å². The summed E-state index contributed by atoms with van der Waals surface area (Å²) in [6.07, 6.45) is 0. The minimum atomic E-state index is -0.543. The summed E-state index contributed by atoms with van der Waals surface area (Å²) in [5, 5.41) is 15.2. The normalized spacial score (nSPS) is 14.2. The molecule has 2 aromatic carbocycles. The second kappa shape index (κ2) is 10.0. The number of nitrogens with two attached hydrogens (primary N) is 1. The van der Waals surface area contributed by atoms with E-state index in [2.05, 4.69) is 20.6 Å². The number of nitrogens with zero attached hydrogens (tertiary/aromatic N) is 4. The van der Waals surface area contributed by atoms with Crippen molar-refractivity contribution in [2.45, 2.75) is 26.8 Å². The van der Waals surface area contributed by atoms with Gasteiger partial charge in [0.25, 0.3) is 11.8 Å². The Labute approximate surface area is 214 Å². The van der Waals surface area contributed by atoms with Crippen molar-refractivity contribution >= 4 is 29.0 Å². The van der Waals surface area contributed by atoms with Crippen LogP contribution < -0.4 is 25.8 Å². The minimum absolute atomic E-state index is 0.00640. The Bertz CT molecular complexity index is 1430. The summed E-state index contributed by atoms with van der Waals surface area (Å²) >= 11 is 0. The number of hydrogen-bond acceptors (Lipinski definition) is 9. The number of nitriles is 1. The van der Waals surface area contributed by atoms with E-state index in [9.17, 15) is 14.9 Å². The number of carbonyl (C=O) groups excluding carboxylic acids is 2. The summed E-state index contributed by atoms with van der Waals surface area (Å²) in [4.78, 5) is 35.6. The molecule has 2 heterocycles. The van der Waals surface area contributed by atoms with Gasteiger partial charge in [-0.25, -0.2) is 0 Å². The maximum atomic E-state index is 12.8. The Kier molecular flexibility index (Phi) is 6.84. The highest BCUT2D eigenvalue weighted by atomic mass is 16.5. The molecule has 37 heavy (non-hydrogen) atoms. The van der Waals surface area contributed by atoms with Gasteiger partial charge in [0, 0.05) is 25.7 Å². The van der Waals surface area contributed by atoms with Gasteiger partial charge in [-0.15, -0.1) is 0 Å². The van der Waals surface area contributed by atoms with E-state index in [1.165, 1.54) is 11.0 Å². The molecule has 3 aromatic rings. The molecule has 4 rings (SSSR count). The highest BCUT2D eigenvalue weighted by molar-refractivity contribution is 6.03. The number of benzene rings is 2. The van der Waals surface area contributed by atoms with Crippen molar-refractivity contribution in [3.63, 3.8) is 0 Å². The molecule has 1 aliphatic rings. The molecular formula is C26H27N7O4. The van der Waals surface area contributed by atoms with Gasteiger partial charge in [0.15, 0.2) is 11.6 Å². The number of nitrogens with one attached hydrogen (secondary N) is 2. The minimum Gasteiger partial charge on any atom is -0.437 e. The summed E-state index contributed by atoms with van der Waals surface area (Å²) in [5.74, 6) is 0.352. The summed E-state index contributed by atoms with van der Waals surface area (Å²) in [7, 11) is 3.32. The molecule has 2 amide bonds. The van der Waals surface area contributed by atoms with Crippen molar-refractivity contribution in [2.24, 2.45) is 5.92 Å². The number of fused-ring (bicyclic) bond motifs is 1. The SMILES string of the molecule is Cc1cc(Oc2nc(Oc3cc(C#N)ccc3N)nc3c2NC(=O)C(C(C)C)N3)cc(C(=O)N(C)C)c1. The van der Waals surface area contributed by atoms with Gasteiger partial charge >= 0.3 is 6.01 Å². The third kappa shape index (κ3) is 5.38. The van der Waals surface area contributed by atoms with Gasteiger partial charge in [0.05, 0.1) is 17.3 Å². The molecule has 0 aliphatic carbocycles. The van der Waals surface area contributed by atoms with E-state index in [4.69, 9.17) is 15.2 Å². The first kappa shape index (κ1) is 25.2. The lowest BCUT2D eigenvalue weighted by atomic mass is 10.0. The van der Waals surface area contributed by atoms with Crippen LogP contribution in [-0.2, 0) is 4.79 Å². The molecule has 1 atom stereocenters. The van der Waals surface area contributed by atoms with Crippen molar-refractivity contribution in [1.29, 1.82) is 5.26 Å². The van der Waals surface area contributed by atoms with E-state index < -0.39 is 6.04 Å². The van der Waals surface area contributed by atoms with E-state index in [1.807, 2.05) is 26.8 Å².